The van der Waals surface area contributed by atoms with Gasteiger partial charge in [0, 0.05) is 11.1 Å². The van der Waals surface area contributed by atoms with Gasteiger partial charge >= 0.3 is 0 Å². The molecule has 148 valence electrons. The Kier molecular flexibility index (Phi) is 6.08. The van der Waals surface area contributed by atoms with Crippen molar-refractivity contribution in [2.24, 2.45) is 0 Å². The minimum Gasteiger partial charge on any atom is -0.497 e. The summed E-state index contributed by atoms with van der Waals surface area (Å²) in [5.74, 6) is 2.42. The minimum absolute atomic E-state index is 0.0482. The highest BCUT2D eigenvalue weighted by Crippen LogP contribution is 2.27. The standard InChI is InChI=1S/C20H24N4O3S/c1-20(2,3)21-17(25)13-28-19-23-22-18(14-7-5-8-15(11-14)26-4)24(19)12-16-9-6-10-27-16/h5-11H,12-13H2,1-4H3,(H,21,25). The van der Waals surface area contributed by atoms with Crippen LogP contribution in [-0.2, 0) is 11.3 Å². The van der Waals surface area contributed by atoms with Crippen molar-refractivity contribution in [3.05, 3.63) is 48.4 Å². The fraction of sp³-hybridized carbons (Fsp3) is 0.350. The van der Waals surface area contributed by atoms with Crippen LogP contribution >= 0.6 is 11.8 Å². The first-order valence-electron chi connectivity index (χ1n) is 8.89. The largest absolute Gasteiger partial charge is 0.497 e. The molecular weight excluding hydrogens is 376 g/mol. The number of hydrogen-bond donors (Lipinski definition) is 1. The van der Waals surface area contributed by atoms with Gasteiger partial charge in [-0.25, -0.2) is 0 Å². The Morgan fingerprint density at radius 3 is 2.75 bits per heavy atom. The van der Waals surface area contributed by atoms with E-state index in [-0.39, 0.29) is 17.2 Å². The SMILES string of the molecule is COc1cccc(-c2nnc(SCC(=O)NC(C)(C)C)n2Cc2ccco2)c1. The van der Waals surface area contributed by atoms with Gasteiger partial charge in [-0.1, -0.05) is 23.9 Å². The van der Waals surface area contributed by atoms with E-state index in [1.54, 1.807) is 13.4 Å². The Balaban J connectivity index is 1.87. The summed E-state index contributed by atoms with van der Waals surface area (Å²) < 4.78 is 12.8. The van der Waals surface area contributed by atoms with E-state index in [9.17, 15) is 4.79 Å². The van der Waals surface area contributed by atoms with E-state index in [2.05, 4.69) is 15.5 Å². The van der Waals surface area contributed by atoms with Crippen molar-refractivity contribution in [1.82, 2.24) is 20.1 Å². The molecule has 0 aliphatic carbocycles. The summed E-state index contributed by atoms with van der Waals surface area (Å²) in [6.45, 7) is 6.33. The molecule has 0 bridgehead atoms. The number of furan rings is 1. The average molecular weight is 401 g/mol. The maximum atomic E-state index is 12.2. The van der Waals surface area contributed by atoms with Crippen LogP contribution < -0.4 is 10.1 Å². The smallest absolute Gasteiger partial charge is 0.230 e. The van der Waals surface area contributed by atoms with Gasteiger partial charge in [0.15, 0.2) is 11.0 Å². The molecule has 3 aromatic rings. The lowest BCUT2D eigenvalue weighted by Crippen LogP contribution is -2.41. The minimum atomic E-state index is -0.273. The Morgan fingerprint density at radius 1 is 1.25 bits per heavy atom. The summed E-state index contributed by atoms with van der Waals surface area (Å²) >= 11 is 1.35. The van der Waals surface area contributed by atoms with E-state index in [0.29, 0.717) is 17.5 Å². The predicted octanol–water partition coefficient (Wildman–Crippen LogP) is 3.60. The molecule has 2 heterocycles. The van der Waals surface area contributed by atoms with Crippen LogP contribution in [0.3, 0.4) is 0 Å². The van der Waals surface area contributed by atoms with Gasteiger partial charge in [-0.05, 0) is 45.0 Å². The zero-order valence-corrected chi connectivity index (χ0v) is 17.2. The lowest BCUT2D eigenvalue weighted by molar-refractivity contribution is -0.119. The summed E-state index contributed by atoms with van der Waals surface area (Å²) in [6, 6.07) is 11.4. The van der Waals surface area contributed by atoms with Crippen LogP contribution in [-0.4, -0.2) is 39.1 Å². The maximum Gasteiger partial charge on any atom is 0.230 e. The van der Waals surface area contributed by atoms with Gasteiger partial charge in [0.2, 0.25) is 5.91 Å². The van der Waals surface area contributed by atoms with Gasteiger partial charge in [0.1, 0.15) is 11.5 Å². The summed E-state index contributed by atoms with van der Waals surface area (Å²) in [7, 11) is 1.63. The fourth-order valence-corrected chi connectivity index (χ4v) is 3.39. The normalized spacial score (nSPS) is 11.4. The summed E-state index contributed by atoms with van der Waals surface area (Å²) in [6.07, 6.45) is 1.63. The quantitative estimate of drug-likeness (QED) is 0.610. The Morgan fingerprint density at radius 2 is 2.07 bits per heavy atom. The Labute approximate surface area is 168 Å². The third-order valence-electron chi connectivity index (χ3n) is 3.79. The van der Waals surface area contributed by atoms with Crippen LogP contribution in [0.15, 0.2) is 52.2 Å². The molecule has 0 unspecified atom stereocenters. The molecular formula is C20H24N4O3S. The number of methoxy groups -OCH3 is 1. The molecule has 0 atom stereocenters. The van der Waals surface area contributed by atoms with Gasteiger partial charge in [0.05, 0.1) is 25.7 Å². The summed E-state index contributed by atoms with van der Waals surface area (Å²) in [5, 5.41) is 12.3. The number of aromatic nitrogens is 3. The van der Waals surface area contributed by atoms with Crippen molar-refractivity contribution >= 4 is 17.7 Å². The first kappa shape index (κ1) is 20.0. The molecule has 0 aliphatic rings. The molecule has 1 N–H and O–H groups in total. The Hall–Kier alpha value is -2.74. The number of nitrogens with one attached hydrogen (secondary N) is 1. The lowest BCUT2D eigenvalue weighted by Gasteiger charge is -2.20. The second-order valence-electron chi connectivity index (χ2n) is 7.29. The molecule has 0 saturated heterocycles. The van der Waals surface area contributed by atoms with Gasteiger partial charge in [0.25, 0.3) is 0 Å². The van der Waals surface area contributed by atoms with Crippen molar-refractivity contribution in [2.45, 2.75) is 38.0 Å². The average Bonchev–Trinajstić information content (AvgIpc) is 3.29. The molecule has 8 heteroatoms. The number of rotatable bonds is 7. The fourth-order valence-electron chi connectivity index (χ4n) is 2.66. The molecule has 2 aromatic heterocycles. The van der Waals surface area contributed by atoms with E-state index in [1.165, 1.54) is 11.8 Å². The number of benzene rings is 1. The molecule has 3 rings (SSSR count). The monoisotopic (exact) mass is 400 g/mol. The number of carbonyl (C=O) groups is 1. The van der Waals surface area contributed by atoms with Gasteiger partial charge in [-0.15, -0.1) is 10.2 Å². The molecule has 0 aliphatic heterocycles. The number of ether oxygens (including phenoxy) is 1. The molecule has 0 radical (unpaired) electrons. The van der Waals surface area contributed by atoms with Gasteiger partial charge in [-0.3, -0.25) is 9.36 Å². The van der Waals surface area contributed by atoms with Crippen LogP contribution in [0.2, 0.25) is 0 Å². The first-order chi connectivity index (χ1) is 13.4. The highest BCUT2D eigenvalue weighted by Gasteiger charge is 2.19. The number of thioether (sulfide) groups is 1. The van der Waals surface area contributed by atoms with Crippen molar-refractivity contribution in [1.29, 1.82) is 0 Å². The van der Waals surface area contributed by atoms with E-state index in [1.807, 2.05) is 61.7 Å². The second kappa shape index (κ2) is 8.52. The molecule has 0 fully saturated rings. The van der Waals surface area contributed by atoms with Crippen molar-refractivity contribution < 1.29 is 13.9 Å². The van der Waals surface area contributed by atoms with E-state index < -0.39 is 0 Å². The number of hydrogen-bond acceptors (Lipinski definition) is 6. The first-order valence-corrected chi connectivity index (χ1v) is 9.88. The number of carbonyl (C=O) groups excluding carboxylic acids is 1. The topological polar surface area (TPSA) is 82.2 Å². The van der Waals surface area contributed by atoms with Crippen LogP contribution in [0.25, 0.3) is 11.4 Å². The third-order valence-corrected chi connectivity index (χ3v) is 4.75. The zero-order valence-electron chi connectivity index (χ0n) is 16.4. The molecule has 1 amide bonds. The molecule has 1 aromatic carbocycles. The Bertz CT molecular complexity index is 929. The van der Waals surface area contributed by atoms with Gasteiger partial charge in [-0.2, -0.15) is 0 Å². The van der Waals surface area contributed by atoms with Crippen LogP contribution in [0.4, 0.5) is 0 Å². The number of amides is 1. The van der Waals surface area contributed by atoms with E-state index >= 15 is 0 Å². The van der Waals surface area contributed by atoms with Crippen LogP contribution in [0, 0.1) is 0 Å². The molecule has 28 heavy (non-hydrogen) atoms. The van der Waals surface area contributed by atoms with E-state index in [0.717, 1.165) is 17.1 Å². The molecule has 0 saturated carbocycles. The number of nitrogens with zero attached hydrogens (tertiary/aromatic N) is 3. The summed E-state index contributed by atoms with van der Waals surface area (Å²) in [4.78, 5) is 12.2. The van der Waals surface area contributed by atoms with Crippen molar-refractivity contribution in [2.75, 3.05) is 12.9 Å². The highest BCUT2D eigenvalue weighted by molar-refractivity contribution is 7.99. The van der Waals surface area contributed by atoms with Crippen LogP contribution in [0.5, 0.6) is 5.75 Å². The second-order valence-corrected chi connectivity index (χ2v) is 8.23. The van der Waals surface area contributed by atoms with Gasteiger partial charge < -0.3 is 14.5 Å². The molecule has 7 nitrogen and oxygen atoms in total. The van der Waals surface area contributed by atoms with Crippen molar-refractivity contribution in [3.8, 4) is 17.1 Å². The van der Waals surface area contributed by atoms with E-state index in [4.69, 9.17) is 9.15 Å². The maximum absolute atomic E-state index is 12.2. The van der Waals surface area contributed by atoms with Crippen LogP contribution in [0.1, 0.15) is 26.5 Å². The predicted molar refractivity (Wildman–Crippen MR) is 108 cm³/mol. The highest BCUT2D eigenvalue weighted by atomic mass is 32.2. The lowest BCUT2D eigenvalue weighted by atomic mass is 10.1. The summed E-state index contributed by atoms with van der Waals surface area (Å²) in [5.41, 5.74) is 0.606. The zero-order chi connectivity index (χ0) is 20.1. The third kappa shape index (κ3) is 5.16. The van der Waals surface area contributed by atoms with Crippen molar-refractivity contribution in [3.63, 3.8) is 0 Å². The molecule has 0 spiro atoms.